The molecule has 0 aliphatic rings. The van der Waals surface area contributed by atoms with Gasteiger partial charge in [-0.15, -0.1) is 0 Å². The van der Waals surface area contributed by atoms with Crippen LogP contribution in [0.3, 0.4) is 0 Å². The number of carbonyl (C=O) groups is 2. The minimum Gasteiger partial charge on any atom is -0.465 e. The van der Waals surface area contributed by atoms with Crippen molar-refractivity contribution in [3.63, 3.8) is 0 Å². The fraction of sp³-hybridized carbons (Fsp3) is 0.167. The van der Waals surface area contributed by atoms with Crippen molar-refractivity contribution >= 4 is 33.9 Å². The molecule has 0 heterocycles. The number of halogens is 2. The van der Waals surface area contributed by atoms with E-state index in [4.69, 9.17) is 0 Å². The van der Waals surface area contributed by atoms with E-state index in [1.807, 2.05) is 0 Å². The topological polar surface area (TPSA) is 52.6 Å². The van der Waals surface area contributed by atoms with Gasteiger partial charge in [-0.3, -0.25) is 0 Å². The largest absolute Gasteiger partial charge is 0.465 e. The molecule has 0 atom stereocenters. The van der Waals surface area contributed by atoms with E-state index >= 15 is 0 Å². The van der Waals surface area contributed by atoms with Gasteiger partial charge in [-0.05, 0) is 18.2 Å². The molecule has 0 saturated carbocycles. The fourth-order valence-corrected chi connectivity index (χ4v) is 1.53. The van der Waals surface area contributed by atoms with Gasteiger partial charge in [0.15, 0.2) is 0 Å². The summed E-state index contributed by atoms with van der Waals surface area (Å²) in [4.78, 5) is 22.7. The molecule has 0 N–H and O–H groups in total. The lowest BCUT2D eigenvalue weighted by Gasteiger charge is -2.04. The Labute approximate surface area is 112 Å². The van der Waals surface area contributed by atoms with Gasteiger partial charge >= 0.3 is 11.9 Å². The van der Waals surface area contributed by atoms with Crippen LogP contribution < -0.4 is 0 Å². The van der Waals surface area contributed by atoms with Crippen LogP contribution in [-0.2, 0) is 19.1 Å². The summed E-state index contributed by atoms with van der Waals surface area (Å²) in [6, 6.07) is 4.23. The van der Waals surface area contributed by atoms with Gasteiger partial charge in [0.1, 0.15) is 11.4 Å². The van der Waals surface area contributed by atoms with Crippen molar-refractivity contribution in [1.29, 1.82) is 0 Å². The van der Waals surface area contributed by atoms with E-state index in [9.17, 15) is 14.0 Å². The summed E-state index contributed by atoms with van der Waals surface area (Å²) in [5.41, 5.74) is -0.287. The van der Waals surface area contributed by atoms with Crippen LogP contribution in [0.1, 0.15) is 5.56 Å². The lowest BCUT2D eigenvalue weighted by Crippen LogP contribution is -2.15. The number of rotatable bonds is 3. The molecule has 6 heteroatoms. The van der Waals surface area contributed by atoms with E-state index in [1.165, 1.54) is 12.1 Å². The van der Waals surface area contributed by atoms with Crippen molar-refractivity contribution in [1.82, 2.24) is 0 Å². The minimum absolute atomic E-state index is 0.0870. The zero-order valence-electron chi connectivity index (χ0n) is 9.70. The second-order valence-corrected chi connectivity index (χ2v) is 4.12. The lowest BCUT2D eigenvalue weighted by atomic mass is 10.1. The summed E-state index contributed by atoms with van der Waals surface area (Å²) in [6.45, 7) is 0. The average Bonchev–Trinajstić information content (AvgIpc) is 2.36. The van der Waals surface area contributed by atoms with E-state index in [1.54, 1.807) is 6.07 Å². The van der Waals surface area contributed by atoms with Gasteiger partial charge in [0.2, 0.25) is 0 Å². The van der Waals surface area contributed by atoms with Gasteiger partial charge in [0, 0.05) is 10.0 Å². The van der Waals surface area contributed by atoms with Gasteiger partial charge in [0.25, 0.3) is 0 Å². The van der Waals surface area contributed by atoms with E-state index in [2.05, 4.69) is 25.4 Å². The van der Waals surface area contributed by atoms with Gasteiger partial charge in [0.05, 0.1) is 14.2 Å². The molecule has 0 saturated heterocycles. The predicted octanol–water partition coefficient (Wildman–Crippen LogP) is 2.32. The van der Waals surface area contributed by atoms with Crippen LogP contribution in [0.2, 0.25) is 0 Å². The van der Waals surface area contributed by atoms with Crippen LogP contribution in [0.5, 0.6) is 0 Å². The third kappa shape index (κ3) is 3.40. The summed E-state index contributed by atoms with van der Waals surface area (Å²) < 4.78 is 23.0. The molecule has 0 unspecified atom stereocenters. The van der Waals surface area contributed by atoms with E-state index in [0.717, 1.165) is 20.3 Å². The van der Waals surface area contributed by atoms with Crippen LogP contribution >= 0.6 is 15.9 Å². The molecular formula is C12H10BrFO4. The first-order valence-electron chi connectivity index (χ1n) is 4.83. The molecule has 4 nitrogen and oxygen atoms in total. The molecule has 0 fully saturated rings. The zero-order chi connectivity index (χ0) is 13.7. The SMILES string of the molecule is COC(=O)C(=Cc1ccc(Br)cc1F)C(=O)OC. The number of methoxy groups -OCH3 is 2. The number of hydrogen-bond acceptors (Lipinski definition) is 4. The number of benzene rings is 1. The number of ether oxygens (including phenoxy) is 2. The Morgan fingerprint density at radius 1 is 1.22 bits per heavy atom. The molecule has 1 aromatic carbocycles. The first kappa shape index (κ1) is 14.4. The molecule has 0 aromatic heterocycles. The highest BCUT2D eigenvalue weighted by molar-refractivity contribution is 9.10. The Kier molecular flexibility index (Phi) is 5.03. The van der Waals surface area contributed by atoms with Crippen molar-refractivity contribution in [3.05, 3.63) is 39.6 Å². The number of esters is 2. The highest BCUT2D eigenvalue weighted by Crippen LogP contribution is 2.18. The Morgan fingerprint density at radius 3 is 2.22 bits per heavy atom. The van der Waals surface area contributed by atoms with Gasteiger partial charge in [-0.25, -0.2) is 14.0 Å². The minimum atomic E-state index is -0.885. The molecule has 0 radical (unpaired) electrons. The van der Waals surface area contributed by atoms with E-state index in [-0.39, 0.29) is 11.1 Å². The maximum Gasteiger partial charge on any atom is 0.345 e. The molecule has 1 rings (SSSR count). The van der Waals surface area contributed by atoms with Crippen molar-refractivity contribution in [3.8, 4) is 0 Å². The summed E-state index contributed by atoms with van der Waals surface area (Å²) in [7, 11) is 2.24. The average molecular weight is 317 g/mol. The molecule has 96 valence electrons. The Balaban J connectivity index is 3.23. The molecular weight excluding hydrogens is 307 g/mol. The van der Waals surface area contributed by atoms with Crippen LogP contribution in [0.4, 0.5) is 4.39 Å². The zero-order valence-corrected chi connectivity index (χ0v) is 11.3. The standard InChI is InChI=1S/C12H10BrFO4/c1-17-11(15)9(12(16)18-2)5-7-3-4-8(13)6-10(7)14/h3-6H,1-2H3. The van der Waals surface area contributed by atoms with Gasteiger partial charge < -0.3 is 9.47 Å². The van der Waals surface area contributed by atoms with Crippen molar-refractivity contribution in [2.45, 2.75) is 0 Å². The molecule has 1 aromatic rings. The third-order valence-electron chi connectivity index (χ3n) is 2.07. The summed E-state index contributed by atoms with van der Waals surface area (Å²) in [5, 5.41) is 0. The second kappa shape index (κ2) is 6.30. The Hall–Kier alpha value is -1.69. The monoisotopic (exact) mass is 316 g/mol. The quantitative estimate of drug-likeness (QED) is 0.372. The second-order valence-electron chi connectivity index (χ2n) is 3.21. The predicted molar refractivity (Wildman–Crippen MR) is 66.1 cm³/mol. The van der Waals surface area contributed by atoms with Gasteiger partial charge in [-0.1, -0.05) is 22.0 Å². The molecule has 0 amide bonds. The third-order valence-corrected chi connectivity index (χ3v) is 2.57. The molecule has 0 aliphatic carbocycles. The van der Waals surface area contributed by atoms with Crippen LogP contribution in [0.25, 0.3) is 6.08 Å². The molecule has 0 aliphatic heterocycles. The van der Waals surface area contributed by atoms with Crippen LogP contribution in [0.15, 0.2) is 28.2 Å². The Bertz CT molecular complexity index is 493. The van der Waals surface area contributed by atoms with Gasteiger partial charge in [-0.2, -0.15) is 0 Å². The normalized spacial score (nSPS) is 9.56. The lowest BCUT2D eigenvalue weighted by molar-refractivity contribution is -0.143. The maximum atomic E-state index is 13.6. The Morgan fingerprint density at radius 2 is 1.78 bits per heavy atom. The first-order chi connectivity index (χ1) is 8.49. The number of hydrogen-bond donors (Lipinski definition) is 0. The van der Waals surface area contributed by atoms with Crippen LogP contribution in [0, 0.1) is 5.82 Å². The maximum absolute atomic E-state index is 13.6. The van der Waals surface area contributed by atoms with E-state index < -0.39 is 17.8 Å². The number of carbonyl (C=O) groups excluding carboxylic acids is 2. The fourth-order valence-electron chi connectivity index (χ4n) is 1.20. The molecule has 0 bridgehead atoms. The van der Waals surface area contributed by atoms with Crippen molar-refractivity contribution in [2.24, 2.45) is 0 Å². The summed E-state index contributed by atoms with van der Waals surface area (Å²) >= 11 is 3.10. The highest BCUT2D eigenvalue weighted by atomic mass is 79.9. The first-order valence-corrected chi connectivity index (χ1v) is 5.62. The summed E-state index contributed by atoms with van der Waals surface area (Å²) in [6.07, 6.45) is 1.08. The van der Waals surface area contributed by atoms with Crippen molar-refractivity contribution < 1.29 is 23.5 Å². The molecule has 18 heavy (non-hydrogen) atoms. The summed E-state index contributed by atoms with van der Waals surface area (Å²) in [5.74, 6) is -2.34. The van der Waals surface area contributed by atoms with Crippen LogP contribution in [-0.4, -0.2) is 26.2 Å². The molecule has 0 spiro atoms. The smallest absolute Gasteiger partial charge is 0.345 e. The highest BCUT2D eigenvalue weighted by Gasteiger charge is 2.20. The van der Waals surface area contributed by atoms with Crippen molar-refractivity contribution in [2.75, 3.05) is 14.2 Å². The van der Waals surface area contributed by atoms with E-state index in [0.29, 0.717) is 4.47 Å².